The first-order valence-corrected chi connectivity index (χ1v) is 8.62. The molecule has 0 aliphatic rings. The van der Waals surface area contributed by atoms with E-state index in [4.69, 9.17) is 0 Å². The van der Waals surface area contributed by atoms with E-state index in [1.165, 1.54) is 69.4 Å². The van der Waals surface area contributed by atoms with Gasteiger partial charge in [-0.15, -0.1) is 0 Å². The largest absolute Gasteiger partial charge is 1.00 e. The van der Waals surface area contributed by atoms with Crippen molar-refractivity contribution in [2.45, 2.75) is 66.2 Å². The second-order valence-electron chi connectivity index (χ2n) is 6.06. The fourth-order valence-electron chi connectivity index (χ4n) is 3.29. The zero-order valence-electron chi connectivity index (χ0n) is 14.5. The van der Waals surface area contributed by atoms with Crippen LogP contribution in [0.15, 0.2) is 24.3 Å². The summed E-state index contributed by atoms with van der Waals surface area (Å²) < 4.78 is 1.15. The minimum Gasteiger partial charge on any atom is -1.00 e. The average molecular weight is 312 g/mol. The molecule has 0 bridgehead atoms. The number of hydrogen-bond acceptors (Lipinski definition) is 0. The van der Waals surface area contributed by atoms with Crippen LogP contribution in [0, 0.1) is 6.92 Å². The van der Waals surface area contributed by atoms with E-state index in [0.717, 1.165) is 4.48 Å². The van der Waals surface area contributed by atoms with E-state index in [-0.39, 0.29) is 12.4 Å². The van der Waals surface area contributed by atoms with E-state index >= 15 is 0 Å². The van der Waals surface area contributed by atoms with Gasteiger partial charge in [-0.25, -0.2) is 0 Å². The molecule has 0 amide bonds. The number of quaternary nitrogens is 1. The number of rotatable bonds is 10. The van der Waals surface area contributed by atoms with Crippen LogP contribution in [0.1, 0.15) is 64.9 Å². The third-order valence-electron chi connectivity index (χ3n) is 4.78. The standard InChI is InChI=1S/C19H34N.ClH/c1-5-8-9-10-11-14-17-20(6-2,7-3)19-16-13-12-15-18(19)4;/h12-13,15-16H,5-11,14,17H2,1-4H3;1H/q+1;/p-1. The van der Waals surface area contributed by atoms with E-state index in [1.54, 1.807) is 0 Å². The Hall–Kier alpha value is -0.530. The summed E-state index contributed by atoms with van der Waals surface area (Å²) in [6.45, 7) is 12.9. The molecule has 122 valence electrons. The van der Waals surface area contributed by atoms with Crippen LogP contribution in [0.4, 0.5) is 5.69 Å². The second-order valence-corrected chi connectivity index (χ2v) is 6.06. The summed E-state index contributed by atoms with van der Waals surface area (Å²) in [6.07, 6.45) is 8.33. The molecule has 0 aliphatic carbocycles. The van der Waals surface area contributed by atoms with Crippen molar-refractivity contribution >= 4 is 5.69 Å². The molecule has 0 atom stereocenters. The Kier molecular flexibility index (Phi) is 10.8. The topological polar surface area (TPSA) is 0 Å². The van der Waals surface area contributed by atoms with E-state index in [1.807, 2.05) is 0 Å². The molecular weight excluding hydrogens is 278 g/mol. The lowest BCUT2D eigenvalue weighted by Crippen LogP contribution is -3.00. The Morgan fingerprint density at radius 1 is 0.810 bits per heavy atom. The van der Waals surface area contributed by atoms with Gasteiger partial charge in [-0.2, -0.15) is 0 Å². The van der Waals surface area contributed by atoms with Crippen LogP contribution in [0.5, 0.6) is 0 Å². The Morgan fingerprint density at radius 2 is 1.38 bits per heavy atom. The number of para-hydroxylation sites is 1. The van der Waals surface area contributed by atoms with Crippen molar-refractivity contribution in [1.82, 2.24) is 4.48 Å². The van der Waals surface area contributed by atoms with Crippen LogP contribution < -0.4 is 16.9 Å². The predicted octanol–water partition coefficient (Wildman–Crippen LogP) is 2.71. The molecule has 1 nitrogen and oxygen atoms in total. The molecule has 0 unspecified atom stereocenters. The molecule has 0 aromatic heterocycles. The number of aryl methyl sites for hydroxylation is 1. The summed E-state index contributed by atoms with van der Waals surface area (Å²) in [5.74, 6) is 0. The Balaban J connectivity index is 0.00000400. The average Bonchev–Trinajstić information content (AvgIpc) is 2.48. The minimum atomic E-state index is 0. The quantitative estimate of drug-likeness (QED) is 0.460. The summed E-state index contributed by atoms with van der Waals surface area (Å²) in [5.41, 5.74) is 2.98. The first-order valence-electron chi connectivity index (χ1n) is 8.62. The van der Waals surface area contributed by atoms with Crippen LogP contribution in [0.25, 0.3) is 0 Å². The highest BCUT2D eigenvalue weighted by molar-refractivity contribution is 5.49. The molecule has 0 N–H and O–H groups in total. The minimum absolute atomic E-state index is 0. The summed E-state index contributed by atoms with van der Waals surface area (Å²) in [7, 11) is 0. The summed E-state index contributed by atoms with van der Waals surface area (Å²) in [5, 5.41) is 0. The van der Waals surface area contributed by atoms with Gasteiger partial charge in [0.1, 0.15) is 5.69 Å². The predicted molar refractivity (Wildman–Crippen MR) is 92.3 cm³/mol. The van der Waals surface area contributed by atoms with Crippen molar-refractivity contribution in [3.8, 4) is 0 Å². The van der Waals surface area contributed by atoms with Gasteiger partial charge >= 0.3 is 0 Å². The van der Waals surface area contributed by atoms with Crippen molar-refractivity contribution in [1.29, 1.82) is 0 Å². The van der Waals surface area contributed by atoms with E-state index in [2.05, 4.69) is 52.0 Å². The molecule has 0 spiro atoms. The normalized spacial score (nSPS) is 11.2. The molecule has 1 rings (SSSR count). The lowest BCUT2D eigenvalue weighted by Gasteiger charge is -2.37. The first kappa shape index (κ1) is 20.5. The van der Waals surface area contributed by atoms with Gasteiger partial charge in [-0.1, -0.05) is 50.8 Å². The van der Waals surface area contributed by atoms with Crippen molar-refractivity contribution in [3.05, 3.63) is 29.8 Å². The SMILES string of the molecule is CCCCCCCC[N+](CC)(CC)c1ccccc1C.[Cl-]. The third-order valence-corrected chi connectivity index (χ3v) is 4.78. The van der Waals surface area contributed by atoms with Gasteiger partial charge in [0.25, 0.3) is 0 Å². The van der Waals surface area contributed by atoms with E-state index in [9.17, 15) is 0 Å². The van der Waals surface area contributed by atoms with Crippen LogP contribution in [-0.4, -0.2) is 19.6 Å². The Morgan fingerprint density at radius 3 is 1.95 bits per heavy atom. The maximum atomic E-state index is 2.34. The summed E-state index contributed by atoms with van der Waals surface area (Å²) >= 11 is 0. The maximum absolute atomic E-state index is 2.34. The van der Waals surface area contributed by atoms with Crippen molar-refractivity contribution < 1.29 is 12.4 Å². The molecule has 0 heterocycles. The molecular formula is C19H34ClN. The molecule has 2 heteroatoms. The highest BCUT2D eigenvalue weighted by Crippen LogP contribution is 2.27. The first-order chi connectivity index (χ1) is 9.70. The van der Waals surface area contributed by atoms with Crippen molar-refractivity contribution in [2.24, 2.45) is 0 Å². The van der Waals surface area contributed by atoms with Crippen LogP contribution in [-0.2, 0) is 0 Å². The van der Waals surface area contributed by atoms with Gasteiger partial charge in [0.15, 0.2) is 0 Å². The fourth-order valence-corrected chi connectivity index (χ4v) is 3.29. The molecule has 1 aromatic rings. The lowest BCUT2D eigenvalue weighted by atomic mass is 10.1. The third kappa shape index (κ3) is 6.00. The smallest absolute Gasteiger partial charge is 0.135 e. The molecule has 1 aromatic carbocycles. The fraction of sp³-hybridized carbons (Fsp3) is 0.684. The van der Waals surface area contributed by atoms with Gasteiger partial charge in [-0.3, -0.25) is 4.48 Å². The summed E-state index contributed by atoms with van der Waals surface area (Å²) in [6, 6.07) is 8.94. The van der Waals surface area contributed by atoms with Gasteiger partial charge in [0.05, 0.1) is 19.6 Å². The van der Waals surface area contributed by atoms with Gasteiger partial charge in [-0.05, 0) is 39.7 Å². The molecule has 0 saturated heterocycles. The Labute approximate surface area is 138 Å². The number of nitrogens with zero attached hydrogens (tertiary/aromatic N) is 1. The number of halogens is 1. The molecule has 0 fully saturated rings. The van der Waals surface area contributed by atoms with E-state index in [0.29, 0.717) is 0 Å². The van der Waals surface area contributed by atoms with Gasteiger partial charge < -0.3 is 12.4 Å². The van der Waals surface area contributed by atoms with Crippen molar-refractivity contribution in [3.63, 3.8) is 0 Å². The molecule has 0 saturated carbocycles. The lowest BCUT2D eigenvalue weighted by molar-refractivity contribution is -0.00000446. The zero-order chi connectivity index (χ0) is 14.8. The molecule has 0 aliphatic heterocycles. The summed E-state index contributed by atoms with van der Waals surface area (Å²) in [4.78, 5) is 0. The number of unbranched alkanes of at least 4 members (excludes halogenated alkanes) is 5. The van der Waals surface area contributed by atoms with Crippen LogP contribution in [0.2, 0.25) is 0 Å². The zero-order valence-corrected chi connectivity index (χ0v) is 15.3. The maximum Gasteiger partial charge on any atom is 0.135 e. The van der Waals surface area contributed by atoms with Gasteiger partial charge in [0, 0.05) is 5.56 Å². The number of benzene rings is 1. The highest BCUT2D eigenvalue weighted by atomic mass is 35.5. The molecule has 0 radical (unpaired) electrons. The van der Waals surface area contributed by atoms with Crippen LogP contribution in [0.3, 0.4) is 0 Å². The number of hydrogen-bond donors (Lipinski definition) is 0. The molecule has 21 heavy (non-hydrogen) atoms. The van der Waals surface area contributed by atoms with Crippen molar-refractivity contribution in [2.75, 3.05) is 19.6 Å². The monoisotopic (exact) mass is 311 g/mol. The van der Waals surface area contributed by atoms with Gasteiger partial charge in [0.2, 0.25) is 0 Å². The Bertz CT molecular complexity index is 372. The van der Waals surface area contributed by atoms with Crippen LogP contribution >= 0.6 is 0 Å². The second kappa shape index (κ2) is 11.1. The highest BCUT2D eigenvalue weighted by Gasteiger charge is 2.27. The van der Waals surface area contributed by atoms with E-state index < -0.39 is 0 Å².